The Bertz CT molecular complexity index is 922. The number of rotatable bonds is 10. The maximum Gasteiger partial charge on any atom is 0.386 e. The third-order valence-electron chi connectivity index (χ3n) is 6.07. The van der Waals surface area contributed by atoms with Gasteiger partial charge < -0.3 is 18.4 Å². The monoisotopic (exact) mass is 456 g/mol. The van der Waals surface area contributed by atoms with E-state index in [1.165, 1.54) is 14.6 Å². The van der Waals surface area contributed by atoms with E-state index in [2.05, 4.69) is 40.8 Å². The summed E-state index contributed by atoms with van der Waals surface area (Å²) in [5, 5.41) is 7.11. The van der Waals surface area contributed by atoms with Crippen LogP contribution in [0.4, 0.5) is 0 Å². The maximum atomic E-state index is 11.9. The lowest BCUT2D eigenvalue weighted by atomic mass is 9.76. The van der Waals surface area contributed by atoms with Gasteiger partial charge in [0, 0.05) is 18.8 Å². The van der Waals surface area contributed by atoms with E-state index in [1.54, 1.807) is 0 Å². The van der Waals surface area contributed by atoms with Gasteiger partial charge >= 0.3 is 13.5 Å². The molecule has 2 aromatic rings. The average Bonchev–Trinajstić information content (AvgIpc) is 3.11. The number of aryl methyl sites for hydroxylation is 1. The van der Waals surface area contributed by atoms with Gasteiger partial charge in [0.1, 0.15) is 18.3 Å². The van der Waals surface area contributed by atoms with Gasteiger partial charge in [0.25, 0.3) is 0 Å². The van der Waals surface area contributed by atoms with Crippen molar-refractivity contribution in [1.82, 2.24) is 9.55 Å². The maximum absolute atomic E-state index is 11.9. The number of benzene rings is 1. The van der Waals surface area contributed by atoms with E-state index in [0.29, 0.717) is 6.42 Å². The molecule has 1 radical (unpaired) electrons. The lowest BCUT2D eigenvalue weighted by molar-refractivity contribution is -0.140. The molecule has 1 N–H and O–H groups in total. The molecule has 2 unspecified atom stereocenters. The first-order chi connectivity index (χ1) is 14.9. The number of aromatic nitrogens is 2. The van der Waals surface area contributed by atoms with Crippen molar-refractivity contribution in [2.45, 2.75) is 64.2 Å². The summed E-state index contributed by atoms with van der Waals surface area (Å²) in [6, 6.07) is 7.92. The number of nitrogens with one attached hydrogen (secondary N) is 1. The van der Waals surface area contributed by atoms with Crippen molar-refractivity contribution >= 4 is 28.2 Å². The zero-order valence-corrected chi connectivity index (χ0v) is 21.4. The molecule has 9 heteroatoms. The van der Waals surface area contributed by atoms with Crippen molar-refractivity contribution < 1.29 is 18.6 Å². The van der Waals surface area contributed by atoms with Gasteiger partial charge in [-0.1, -0.05) is 45.0 Å². The molecule has 2 atom stereocenters. The van der Waals surface area contributed by atoms with Crippen molar-refractivity contribution in [3.8, 4) is 11.3 Å². The highest BCUT2D eigenvalue weighted by Gasteiger charge is 2.39. The number of carbonyl (C=O) groups is 1. The Labute approximate surface area is 193 Å². The van der Waals surface area contributed by atoms with E-state index in [0.717, 1.165) is 29.0 Å². The summed E-state index contributed by atoms with van der Waals surface area (Å²) in [4.78, 5) is 16.8. The predicted molar refractivity (Wildman–Crippen MR) is 130 cm³/mol. The molecule has 2 rings (SSSR count). The highest BCUT2D eigenvalue weighted by molar-refractivity contribution is 6.74. The zero-order chi connectivity index (χ0) is 24.1. The van der Waals surface area contributed by atoms with Gasteiger partial charge in [0.2, 0.25) is 0 Å². The number of esters is 1. The lowest BCUT2D eigenvalue weighted by Gasteiger charge is -2.38. The van der Waals surface area contributed by atoms with Crippen molar-refractivity contribution in [3.63, 3.8) is 0 Å². The van der Waals surface area contributed by atoms with Crippen LogP contribution in [0.25, 0.3) is 11.3 Å². The number of hydrogen-bond acceptors (Lipinski definition) is 6. The molecule has 0 amide bonds. The highest BCUT2D eigenvalue weighted by atomic mass is 28.4. The molecule has 0 fully saturated rings. The van der Waals surface area contributed by atoms with Crippen LogP contribution in [0.3, 0.4) is 0 Å². The van der Waals surface area contributed by atoms with Crippen LogP contribution in [0.1, 0.15) is 45.2 Å². The number of nitrogens with zero attached hydrogens (tertiary/aromatic N) is 2. The molecular weight excluding hydrogens is 421 g/mol. The minimum atomic E-state index is -1.91. The third-order valence-corrected chi connectivity index (χ3v) is 10.6. The second kappa shape index (κ2) is 10.5. The largest absolute Gasteiger partial charge is 0.555 e. The van der Waals surface area contributed by atoms with E-state index in [9.17, 15) is 4.79 Å². The van der Waals surface area contributed by atoms with Crippen molar-refractivity contribution in [2.75, 3.05) is 7.11 Å². The summed E-state index contributed by atoms with van der Waals surface area (Å²) >= 11 is 0. The number of imidazole rings is 1. The van der Waals surface area contributed by atoms with Gasteiger partial charge in [-0.15, -0.1) is 0 Å². The summed E-state index contributed by atoms with van der Waals surface area (Å²) in [7, 11) is 2.74. The molecule has 0 bridgehead atoms. The molecule has 0 aliphatic heterocycles. The summed E-state index contributed by atoms with van der Waals surface area (Å²) < 4.78 is 18.2. The fourth-order valence-corrected chi connectivity index (χ4v) is 4.55. The van der Waals surface area contributed by atoms with Crippen LogP contribution in [-0.4, -0.2) is 44.8 Å². The van der Waals surface area contributed by atoms with Gasteiger partial charge in [-0.05, 0) is 37.0 Å². The third kappa shape index (κ3) is 6.32. The Hall–Kier alpha value is -2.39. The van der Waals surface area contributed by atoms with Crippen LogP contribution >= 0.6 is 0 Å². The van der Waals surface area contributed by atoms with E-state index in [-0.39, 0.29) is 11.1 Å². The SMILES string of the molecule is COC(=O)C([B]OC=N)Cc1ccc(-c2cn(C)c(C(C)O[Si](C)(C)C(C)(C)C)n2)cc1. The fourth-order valence-electron chi connectivity index (χ4n) is 3.21. The molecule has 32 heavy (non-hydrogen) atoms. The van der Waals surface area contributed by atoms with Gasteiger partial charge in [0.15, 0.2) is 8.32 Å². The second-order valence-electron chi connectivity index (χ2n) is 9.54. The summed E-state index contributed by atoms with van der Waals surface area (Å²) in [5.74, 6) is -0.0821. The smallest absolute Gasteiger partial charge is 0.386 e. The normalized spacial score (nSPS) is 13.9. The molecule has 0 aliphatic carbocycles. The minimum absolute atomic E-state index is 0.0980. The van der Waals surface area contributed by atoms with Gasteiger partial charge in [-0.25, -0.2) is 4.98 Å². The van der Waals surface area contributed by atoms with Crippen molar-refractivity contribution in [1.29, 1.82) is 5.41 Å². The Balaban J connectivity index is 2.16. The summed E-state index contributed by atoms with van der Waals surface area (Å²) in [6.07, 6.45) is 3.12. The molecule has 173 valence electrons. The van der Waals surface area contributed by atoms with Crippen LogP contribution in [0, 0.1) is 5.41 Å². The molecule has 1 heterocycles. The molecule has 0 spiro atoms. The molecule has 1 aromatic carbocycles. The standard InChI is InChI=1S/C23H35BN3O4Si/c1-16(31-32(7,8)23(2,3)4)21-26-20(14-27(21)5)18-11-9-17(10-12-18)13-19(22(28)29-6)24-30-15-25/h9-12,14-16,19,25H,13H2,1-8H3. The topological polar surface area (TPSA) is 86.4 Å². The number of methoxy groups -OCH3 is 1. The van der Waals surface area contributed by atoms with Gasteiger partial charge in [-0.2, -0.15) is 0 Å². The summed E-state index contributed by atoms with van der Waals surface area (Å²) in [6.45, 7) is 13.3. The van der Waals surface area contributed by atoms with E-state index < -0.39 is 20.1 Å². The number of ether oxygens (including phenoxy) is 1. The Morgan fingerprint density at radius 2 is 1.91 bits per heavy atom. The second-order valence-corrected chi connectivity index (χ2v) is 14.3. The van der Waals surface area contributed by atoms with E-state index in [4.69, 9.17) is 24.2 Å². The van der Waals surface area contributed by atoms with Crippen LogP contribution in [0.5, 0.6) is 0 Å². The van der Waals surface area contributed by atoms with Crippen LogP contribution in [-0.2, 0) is 32.1 Å². The minimum Gasteiger partial charge on any atom is -0.555 e. The fraction of sp³-hybridized carbons (Fsp3) is 0.522. The first kappa shape index (κ1) is 25.9. The van der Waals surface area contributed by atoms with Gasteiger partial charge in [0.05, 0.1) is 18.6 Å². The van der Waals surface area contributed by atoms with Crippen molar-refractivity contribution in [3.05, 3.63) is 41.9 Å². The van der Waals surface area contributed by atoms with Gasteiger partial charge in [-0.3, -0.25) is 10.2 Å². The lowest BCUT2D eigenvalue weighted by Crippen LogP contribution is -2.41. The summed E-state index contributed by atoms with van der Waals surface area (Å²) in [5.41, 5.74) is 2.83. The molecule has 0 saturated carbocycles. The first-order valence-corrected chi connectivity index (χ1v) is 13.7. The predicted octanol–water partition coefficient (Wildman–Crippen LogP) is 4.92. The zero-order valence-electron chi connectivity index (χ0n) is 20.4. The van der Waals surface area contributed by atoms with Crippen LogP contribution < -0.4 is 0 Å². The Morgan fingerprint density at radius 1 is 1.28 bits per heavy atom. The number of carbonyl (C=O) groups excluding carboxylic acids is 1. The quantitative estimate of drug-likeness (QED) is 0.237. The molecular formula is C23H35BN3O4Si. The Kier molecular flexibility index (Phi) is 8.48. The number of hydrogen-bond donors (Lipinski definition) is 1. The van der Waals surface area contributed by atoms with Crippen LogP contribution in [0.2, 0.25) is 23.9 Å². The average molecular weight is 456 g/mol. The highest BCUT2D eigenvalue weighted by Crippen LogP contribution is 2.39. The van der Waals surface area contributed by atoms with Crippen LogP contribution in [0.15, 0.2) is 30.5 Å². The van der Waals surface area contributed by atoms with Crippen molar-refractivity contribution in [2.24, 2.45) is 7.05 Å². The molecule has 0 aliphatic rings. The van der Waals surface area contributed by atoms with E-state index in [1.807, 2.05) is 42.1 Å². The first-order valence-electron chi connectivity index (χ1n) is 10.8. The Morgan fingerprint density at radius 3 is 2.44 bits per heavy atom. The molecule has 0 saturated heterocycles. The van der Waals surface area contributed by atoms with E-state index >= 15 is 0 Å². The molecule has 7 nitrogen and oxygen atoms in total. The molecule has 1 aromatic heterocycles.